The van der Waals surface area contributed by atoms with E-state index in [1.807, 2.05) is 19.1 Å². The van der Waals surface area contributed by atoms with Crippen LogP contribution in [0, 0.1) is 12.8 Å². The van der Waals surface area contributed by atoms with Gasteiger partial charge in [-0.25, -0.2) is 0 Å². The highest BCUT2D eigenvalue weighted by atomic mass is 35.5. The molecule has 1 atom stereocenters. The zero-order chi connectivity index (χ0) is 18.4. The van der Waals surface area contributed by atoms with Gasteiger partial charge < -0.3 is 4.74 Å². The minimum atomic E-state index is -0.542. The lowest BCUT2D eigenvalue weighted by Gasteiger charge is -2.08. The van der Waals surface area contributed by atoms with E-state index in [0.29, 0.717) is 22.9 Å². The summed E-state index contributed by atoms with van der Waals surface area (Å²) in [4.78, 5) is 24.9. The molecule has 1 aromatic heterocycles. The van der Waals surface area contributed by atoms with Gasteiger partial charge in [0.1, 0.15) is 0 Å². The van der Waals surface area contributed by atoms with Crippen molar-refractivity contribution in [3.8, 4) is 0 Å². The molecule has 2 aromatic rings. The molecule has 0 amide bonds. The second-order valence-corrected chi connectivity index (χ2v) is 6.15. The third-order valence-corrected chi connectivity index (χ3v) is 3.93. The summed E-state index contributed by atoms with van der Waals surface area (Å²) in [6.07, 6.45) is 5.23. The third kappa shape index (κ3) is 5.00. The molecule has 25 heavy (non-hydrogen) atoms. The van der Waals surface area contributed by atoms with Gasteiger partial charge in [-0.2, -0.15) is 4.57 Å². The van der Waals surface area contributed by atoms with Gasteiger partial charge in [0, 0.05) is 28.8 Å². The van der Waals surface area contributed by atoms with E-state index in [9.17, 15) is 9.59 Å². The topological polar surface area (TPSA) is 47.3 Å². The monoisotopic (exact) mass is 358 g/mol. The van der Waals surface area contributed by atoms with E-state index >= 15 is 0 Å². The Balaban J connectivity index is 2.44. The van der Waals surface area contributed by atoms with Gasteiger partial charge >= 0.3 is 5.97 Å². The zero-order valence-electron chi connectivity index (χ0n) is 14.5. The highest BCUT2D eigenvalue weighted by Crippen LogP contribution is 2.15. The summed E-state index contributed by atoms with van der Waals surface area (Å²) in [5.41, 5.74) is 1.97. The molecule has 0 radical (unpaired) electrons. The van der Waals surface area contributed by atoms with E-state index in [1.54, 1.807) is 61.1 Å². The van der Waals surface area contributed by atoms with Crippen LogP contribution in [-0.2, 0) is 9.53 Å². The lowest BCUT2D eigenvalue weighted by Crippen LogP contribution is -2.36. The maximum Gasteiger partial charge on any atom is 0.312 e. The molecule has 0 bridgehead atoms. The fourth-order valence-electron chi connectivity index (χ4n) is 2.27. The number of esters is 1. The van der Waals surface area contributed by atoms with Crippen LogP contribution in [0.5, 0.6) is 0 Å². The van der Waals surface area contributed by atoms with Gasteiger partial charge in [-0.05, 0) is 50.6 Å². The summed E-state index contributed by atoms with van der Waals surface area (Å²) in [5, 5.41) is 0.560. The number of Topliss-reactive ketones (excluding diaryl/α,β-unsaturated/α-hetero) is 1. The van der Waals surface area contributed by atoms with Crippen molar-refractivity contribution < 1.29 is 18.9 Å². The molecule has 4 nitrogen and oxygen atoms in total. The van der Waals surface area contributed by atoms with Crippen LogP contribution in [0.25, 0.3) is 5.70 Å². The molecule has 2 rings (SSSR count). The number of halogens is 1. The van der Waals surface area contributed by atoms with Crippen LogP contribution in [-0.4, -0.2) is 18.4 Å². The Bertz CT molecular complexity index is 780. The zero-order valence-corrected chi connectivity index (χ0v) is 15.3. The van der Waals surface area contributed by atoms with Crippen LogP contribution in [0.2, 0.25) is 5.02 Å². The number of carbonyl (C=O) groups is 2. The molecule has 0 aliphatic heterocycles. The van der Waals surface area contributed by atoms with Crippen molar-refractivity contribution in [2.75, 3.05) is 6.61 Å². The summed E-state index contributed by atoms with van der Waals surface area (Å²) >= 11 is 5.90. The molecular weight excluding hydrogens is 338 g/mol. The smallest absolute Gasteiger partial charge is 0.312 e. The molecule has 0 fully saturated rings. The summed E-state index contributed by atoms with van der Waals surface area (Å²) < 4.78 is 6.75. The minimum absolute atomic E-state index is 0.193. The van der Waals surface area contributed by atoms with E-state index in [2.05, 4.69) is 0 Å². The summed E-state index contributed by atoms with van der Waals surface area (Å²) in [6, 6.07) is 10.5. The highest BCUT2D eigenvalue weighted by molar-refractivity contribution is 6.31. The first-order chi connectivity index (χ1) is 11.9. The number of nitrogens with zero attached hydrogens (tertiary/aromatic N) is 1. The average molecular weight is 359 g/mol. The van der Waals surface area contributed by atoms with E-state index in [1.165, 1.54) is 0 Å². The van der Waals surface area contributed by atoms with Crippen molar-refractivity contribution in [1.29, 1.82) is 0 Å². The van der Waals surface area contributed by atoms with E-state index in [-0.39, 0.29) is 11.8 Å². The molecule has 0 aliphatic rings. The first-order valence-electron chi connectivity index (χ1n) is 8.09. The first kappa shape index (κ1) is 18.9. The minimum Gasteiger partial charge on any atom is -0.466 e. The van der Waals surface area contributed by atoms with E-state index in [4.69, 9.17) is 16.3 Å². The quantitative estimate of drug-likeness (QED) is 0.341. The van der Waals surface area contributed by atoms with Crippen LogP contribution in [0.4, 0.5) is 0 Å². The molecule has 1 aromatic carbocycles. The van der Waals surface area contributed by atoms with Gasteiger partial charge in [0.05, 0.1) is 12.5 Å². The number of ketones is 1. The molecule has 0 spiro atoms. The van der Waals surface area contributed by atoms with Gasteiger partial charge in [-0.1, -0.05) is 11.6 Å². The van der Waals surface area contributed by atoms with Gasteiger partial charge in [-0.3, -0.25) is 9.59 Å². The molecule has 1 heterocycles. The predicted molar refractivity (Wildman–Crippen MR) is 97.2 cm³/mol. The van der Waals surface area contributed by atoms with Crippen molar-refractivity contribution in [2.45, 2.75) is 20.8 Å². The second kappa shape index (κ2) is 8.58. The third-order valence-electron chi connectivity index (χ3n) is 3.68. The van der Waals surface area contributed by atoms with Gasteiger partial charge in [0.2, 0.25) is 0 Å². The predicted octanol–water partition coefficient (Wildman–Crippen LogP) is 3.86. The number of pyridine rings is 1. The summed E-state index contributed by atoms with van der Waals surface area (Å²) in [7, 11) is 0. The Morgan fingerprint density at radius 3 is 2.32 bits per heavy atom. The molecular formula is C20H21ClNO3+. The van der Waals surface area contributed by atoms with E-state index < -0.39 is 5.92 Å². The summed E-state index contributed by atoms with van der Waals surface area (Å²) in [6.45, 7) is 5.73. The number of aryl methyl sites for hydroxylation is 1. The van der Waals surface area contributed by atoms with E-state index in [0.717, 1.165) is 5.56 Å². The fourth-order valence-corrected chi connectivity index (χ4v) is 2.39. The Morgan fingerprint density at radius 2 is 1.76 bits per heavy atom. The van der Waals surface area contributed by atoms with Crippen molar-refractivity contribution in [1.82, 2.24) is 0 Å². The first-order valence-corrected chi connectivity index (χ1v) is 8.47. The molecule has 0 N–H and O–H groups in total. The molecule has 0 saturated heterocycles. The van der Waals surface area contributed by atoms with Crippen LogP contribution < -0.4 is 4.57 Å². The largest absolute Gasteiger partial charge is 0.466 e. The summed E-state index contributed by atoms with van der Waals surface area (Å²) in [5.74, 6) is -1.10. The lowest BCUT2D eigenvalue weighted by atomic mass is 10.0. The Kier molecular flexibility index (Phi) is 6.48. The normalized spacial score (nSPS) is 12.6. The molecule has 130 valence electrons. The van der Waals surface area contributed by atoms with Crippen molar-refractivity contribution in [2.24, 2.45) is 5.92 Å². The second-order valence-electron chi connectivity index (χ2n) is 5.71. The van der Waals surface area contributed by atoms with Crippen LogP contribution in [0.1, 0.15) is 29.8 Å². The average Bonchev–Trinajstić information content (AvgIpc) is 2.60. The van der Waals surface area contributed by atoms with Crippen LogP contribution >= 0.6 is 11.6 Å². The lowest BCUT2D eigenvalue weighted by molar-refractivity contribution is -0.577. The highest BCUT2D eigenvalue weighted by Gasteiger charge is 2.25. The molecule has 0 aliphatic carbocycles. The SMILES string of the molecule is CCOC(=O)C(C)C=C(C(=O)c1ccc(Cl)cc1)[n+]1ccc(C)cc1. The van der Waals surface area contributed by atoms with Gasteiger partial charge in [0.15, 0.2) is 12.4 Å². The number of rotatable bonds is 6. The van der Waals surface area contributed by atoms with Gasteiger partial charge in [-0.15, -0.1) is 0 Å². The maximum absolute atomic E-state index is 13.0. The molecule has 5 heteroatoms. The Labute approximate surface area is 152 Å². The fraction of sp³-hybridized carbons (Fsp3) is 0.250. The number of hydrogen-bond donors (Lipinski definition) is 0. The number of allylic oxidation sites excluding steroid dienone is 1. The number of benzene rings is 1. The number of carbonyl (C=O) groups excluding carboxylic acids is 2. The van der Waals surface area contributed by atoms with Crippen molar-refractivity contribution in [3.05, 3.63) is 71.0 Å². The molecule has 1 unspecified atom stereocenters. The Hall–Kier alpha value is -2.46. The van der Waals surface area contributed by atoms with Crippen molar-refractivity contribution in [3.63, 3.8) is 0 Å². The standard InChI is InChI=1S/C20H21ClNO3/c1-4-25-20(24)15(3)13-18(22-11-9-14(2)10-12-22)19(23)16-5-7-17(21)8-6-16/h5-13,15H,4H2,1-3H3/q+1. The van der Waals surface area contributed by atoms with Crippen LogP contribution in [0.15, 0.2) is 54.9 Å². The van der Waals surface area contributed by atoms with Gasteiger partial charge in [0.25, 0.3) is 11.5 Å². The van der Waals surface area contributed by atoms with Crippen LogP contribution in [0.3, 0.4) is 0 Å². The number of aromatic nitrogens is 1. The number of ether oxygens (including phenoxy) is 1. The number of hydrogen-bond acceptors (Lipinski definition) is 3. The van der Waals surface area contributed by atoms with Crippen molar-refractivity contribution >= 4 is 29.1 Å². The Morgan fingerprint density at radius 1 is 1.16 bits per heavy atom. The molecule has 0 saturated carbocycles. The maximum atomic E-state index is 13.0.